The number of nitrogens with zero attached hydrogens (tertiary/aromatic N) is 1. The van der Waals surface area contributed by atoms with Crippen LogP contribution in [0.1, 0.15) is 56.2 Å². The summed E-state index contributed by atoms with van der Waals surface area (Å²) in [5.74, 6) is 0.338. The fourth-order valence-corrected chi connectivity index (χ4v) is 7.31. The quantitative estimate of drug-likeness (QED) is 0.141. The lowest BCUT2D eigenvalue weighted by Crippen LogP contribution is -2.64. The number of alkyl halides is 3. The number of hydrogen-bond donors (Lipinski definition) is 2. The van der Waals surface area contributed by atoms with Crippen LogP contribution in [0.2, 0.25) is 0 Å². The normalized spacial score (nSPS) is 19.8. The standard InChI is InChI=1S/C39H42BrCl3FN3O4/c1-38(2,39(41,42)43)51-37(49)47-29-21-30(26-12-10-24(11-13-26)9-6-18-50-34-20-28(44)16-17-31(34)40)35(33(47)23-45-22-29)36(48)46-32(27-14-15-27)19-25-7-4-3-5-8-25/h3-5,7-8,10-13,16-17,20,27,29,32-33,45H,6,9,14-15,18-19,21-23H2,1-2H3,(H,46,48)/t29-,32?,33-/m1/s1. The van der Waals surface area contributed by atoms with Gasteiger partial charge in [0.15, 0.2) is 5.60 Å². The number of aryl methyl sites for hydroxylation is 1. The maximum Gasteiger partial charge on any atom is 0.411 e. The van der Waals surface area contributed by atoms with Gasteiger partial charge in [0.05, 0.1) is 23.2 Å². The number of hydrogen-bond acceptors (Lipinski definition) is 5. The third-order valence-electron chi connectivity index (χ3n) is 9.89. The molecule has 3 aromatic carbocycles. The maximum atomic E-state index is 14.6. The number of ether oxygens (including phenoxy) is 2. The lowest BCUT2D eigenvalue weighted by Gasteiger charge is -2.48. The van der Waals surface area contributed by atoms with Crippen molar-refractivity contribution in [3.05, 3.63) is 105 Å². The van der Waals surface area contributed by atoms with Gasteiger partial charge >= 0.3 is 6.09 Å². The molecule has 2 fully saturated rings. The van der Waals surface area contributed by atoms with Gasteiger partial charge in [-0.15, -0.1) is 0 Å². The molecule has 3 aromatic rings. The van der Waals surface area contributed by atoms with Gasteiger partial charge in [-0.25, -0.2) is 9.18 Å². The lowest BCUT2D eigenvalue weighted by atomic mass is 9.81. The summed E-state index contributed by atoms with van der Waals surface area (Å²) in [5, 5.41) is 6.82. The molecule has 272 valence electrons. The third-order valence-corrected chi connectivity index (χ3v) is 11.9. The van der Waals surface area contributed by atoms with Gasteiger partial charge in [-0.05, 0) is 109 Å². The molecule has 3 aliphatic rings. The van der Waals surface area contributed by atoms with Crippen LogP contribution in [0.4, 0.5) is 9.18 Å². The molecule has 1 aliphatic carbocycles. The van der Waals surface area contributed by atoms with Crippen LogP contribution in [0.25, 0.3) is 5.57 Å². The van der Waals surface area contributed by atoms with E-state index in [1.807, 2.05) is 30.3 Å². The van der Waals surface area contributed by atoms with Crippen molar-refractivity contribution in [3.8, 4) is 5.75 Å². The minimum Gasteiger partial charge on any atom is -0.492 e. The van der Waals surface area contributed by atoms with Crippen molar-refractivity contribution >= 4 is 68.3 Å². The number of amides is 2. The van der Waals surface area contributed by atoms with Gasteiger partial charge < -0.3 is 20.1 Å². The molecule has 1 unspecified atom stereocenters. The van der Waals surface area contributed by atoms with Crippen molar-refractivity contribution in [2.24, 2.45) is 5.92 Å². The number of fused-ring (bicyclic) bond motifs is 2. The highest BCUT2D eigenvalue weighted by atomic mass is 79.9. The Balaban J connectivity index is 1.25. The zero-order valence-electron chi connectivity index (χ0n) is 28.6. The second-order valence-corrected chi connectivity index (χ2v) is 17.2. The molecule has 7 nitrogen and oxygen atoms in total. The Morgan fingerprint density at radius 2 is 1.75 bits per heavy atom. The van der Waals surface area contributed by atoms with Gasteiger partial charge in [-0.1, -0.05) is 89.4 Å². The number of carbonyl (C=O) groups excluding carboxylic acids is 2. The smallest absolute Gasteiger partial charge is 0.411 e. The predicted octanol–water partition coefficient (Wildman–Crippen LogP) is 8.82. The molecule has 0 radical (unpaired) electrons. The Hall–Kier alpha value is -2.82. The molecule has 2 N–H and O–H groups in total. The topological polar surface area (TPSA) is 79.9 Å². The first kappa shape index (κ1) is 37.9. The Kier molecular flexibility index (Phi) is 11.9. The first-order valence-electron chi connectivity index (χ1n) is 17.3. The minimum atomic E-state index is -1.86. The molecule has 6 rings (SSSR count). The Bertz CT molecular complexity index is 1750. The number of nitrogens with one attached hydrogen (secondary N) is 2. The summed E-state index contributed by atoms with van der Waals surface area (Å²) in [6.45, 7) is 4.45. The molecule has 3 atom stereocenters. The summed E-state index contributed by atoms with van der Waals surface area (Å²) in [6.07, 6.45) is 4.16. The molecule has 12 heteroatoms. The third kappa shape index (κ3) is 9.22. The fourth-order valence-electron chi connectivity index (χ4n) is 6.83. The maximum absolute atomic E-state index is 14.6. The number of piperazine rings is 1. The van der Waals surface area contributed by atoms with E-state index >= 15 is 0 Å². The average Bonchev–Trinajstić information content (AvgIpc) is 3.93. The van der Waals surface area contributed by atoms with E-state index in [0.29, 0.717) is 47.8 Å². The van der Waals surface area contributed by atoms with Crippen LogP contribution in [0, 0.1) is 11.7 Å². The molecule has 1 saturated carbocycles. The highest BCUT2D eigenvalue weighted by molar-refractivity contribution is 9.10. The summed E-state index contributed by atoms with van der Waals surface area (Å²) in [6, 6.07) is 21.9. The minimum absolute atomic E-state index is 0.0378. The van der Waals surface area contributed by atoms with E-state index < -0.39 is 21.5 Å². The largest absolute Gasteiger partial charge is 0.492 e. The van der Waals surface area contributed by atoms with Crippen LogP contribution in [0.5, 0.6) is 5.75 Å². The average molecular weight is 822 g/mol. The van der Waals surface area contributed by atoms with Crippen molar-refractivity contribution < 1.29 is 23.5 Å². The SMILES string of the molecule is CC(C)(OC(=O)N1[C@H]2CNC[C@@H]1C(C(=O)NC(Cc1ccccc1)C1CC1)=C(c1ccc(CCCOc3cc(F)ccc3Br)cc1)C2)C(Cl)(Cl)Cl. The first-order chi connectivity index (χ1) is 24.3. The predicted molar refractivity (Wildman–Crippen MR) is 204 cm³/mol. The van der Waals surface area contributed by atoms with Crippen molar-refractivity contribution in [1.82, 2.24) is 15.5 Å². The summed E-state index contributed by atoms with van der Waals surface area (Å²) in [5.41, 5.74) is 3.25. The van der Waals surface area contributed by atoms with Gasteiger partial charge in [-0.3, -0.25) is 9.69 Å². The van der Waals surface area contributed by atoms with E-state index in [0.717, 1.165) is 54.4 Å². The van der Waals surface area contributed by atoms with E-state index in [1.54, 1.807) is 24.8 Å². The van der Waals surface area contributed by atoms with Crippen LogP contribution in [0.3, 0.4) is 0 Å². The summed E-state index contributed by atoms with van der Waals surface area (Å²) in [4.78, 5) is 30.1. The van der Waals surface area contributed by atoms with E-state index in [4.69, 9.17) is 44.3 Å². The first-order valence-corrected chi connectivity index (χ1v) is 19.3. The Morgan fingerprint density at radius 3 is 2.43 bits per heavy atom. The van der Waals surface area contributed by atoms with Gasteiger partial charge in [0.25, 0.3) is 0 Å². The molecular formula is C39H42BrCl3FN3O4. The Labute approximate surface area is 322 Å². The van der Waals surface area contributed by atoms with Gasteiger partial charge in [0.2, 0.25) is 9.70 Å². The molecular weight excluding hydrogens is 780 g/mol. The van der Waals surface area contributed by atoms with Crippen molar-refractivity contribution in [2.45, 2.75) is 79.9 Å². The zero-order valence-corrected chi connectivity index (χ0v) is 32.4. The molecule has 51 heavy (non-hydrogen) atoms. The Morgan fingerprint density at radius 1 is 1.02 bits per heavy atom. The number of halogens is 5. The van der Waals surface area contributed by atoms with Crippen LogP contribution in [-0.2, 0) is 22.4 Å². The molecule has 0 spiro atoms. The molecule has 0 aromatic heterocycles. The highest BCUT2D eigenvalue weighted by Gasteiger charge is 2.50. The molecule has 2 bridgehead atoms. The molecule has 1 saturated heterocycles. The van der Waals surface area contributed by atoms with Crippen molar-refractivity contribution in [3.63, 3.8) is 0 Å². The fraction of sp³-hybridized carbons (Fsp3) is 0.436. The van der Waals surface area contributed by atoms with Crippen LogP contribution in [0.15, 0.2) is 82.8 Å². The van der Waals surface area contributed by atoms with E-state index in [2.05, 4.69) is 50.8 Å². The van der Waals surface area contributed by atoms with E-state index in [-0.39, 0.29) is 23.8 Å². The number of carbonyl (C=O) groups is 2. The van der Waals surface area contributed by atoms with Gasteiger partial charge in [0, 0.05) is 30.8 Å². The van der Waals surface area contributed by atoms with Crippen LogP contribution < -0.4 is 15.4 Å². The van der Waals surface area contributed by atoms with Crippen molar-refractivity contribution in [1.29, 1.82) is 0 Å². The molecule has 2 aliphatic heterocycles. The highest BCUT2D eigenvalue weighted by Crippen LogP contribution is 2.43. The van der Waals surface area contributed by atoms with Crippen molar-refractivity contribution in [2.75, 3.05) is 19.7 Å². The summed E-state index contributed by atoms with van der Waals surface area (Å²) < 4.78 is 24.1. The molecule has 2 amide bonds. The van der Waals surface area contributed by atoms with Gasteiger partial charge in [-0.2, -0.15) is 0 Å². The number of benzene rings is 3. The van der Waals surface area contributed by atoms with E-state index in [9.17, 15) is 14.0 Å². The van der Waals surface area contributed by atoms with Crippen LogP contribution in [-0.4, -0.2) is 64.1 Å². The van der Waals surface area contributed by atoms with Gasteiger partial charge in [0.1, 0.15) is 11.6 Å². The monoisotopic (exact) mass is 819 g/mol. The second kappa shape index (κ2) is 16.0. The van der Waals surface area contributed by atoms with E-state index in [1.165, 1.54) is 12.1 Å². The van der Waals surface area contributed by atoms with Crippen LogP contribution >= 0.6 is 50.7 Å². The summed E-state index contributed by atoms with van der Waals surface area (Å²) >= 11 is 22.0. The zero-order chi connectivity index (χ0) is 36.3. The number of rotatable bonds is 12. The molecule has 2 heterocycles. The second-order valence-electron chi connectivity index (χ2n) is 14.0. The summed E-state index contributed by atoms with van der Waals surface area (Å²) in [7, 11) is 0. The lowest BCUT2D eigenvalue weighted by molar-refractivity contribution is -0.119.